The van der Waals surface area contributed by atoms with Crippen LogP contribution in [0.15, 0.2) is 0 Å². The maximum absolute atomic E-state index is 0. The predicted octanol–water partition coefficient (Wildman–Crippen LogP) is 1.59. The fourth-order valence-corrected chi connectivity index (χ4v) is 0. The predicted molar refractivity (Wildman–Crippen MR) is 77.3 cm³/mol. The molecule has 0 nitrogen and oxygen atoms in total. The van der Waals surface area contributed by atoms with E-state index in [4.69, 9.17) is 0 Å². The van der Waals surface area contributed by atoms with Crippen LogP contribution in [0.25, 0.3) is 0 Å². The molecule has 12 heteroatoms. The van der Waals surface area contributed by atoms with E-state index in [1.165, 1.54) is 0 Å². The summed E-state index contributed by atoms with van der Waals surface area (Å²) in [4.78, 5) is 0. The van der Waals surface area contributed by atoms with E-state index in [1.807, 2.05) is 0 Å². The molecule has 0 aromatic heterocycles. The van der Waals surface area contributed by atoms with Crippen LogP contribution in [0.4, 0.5) is 28.2 Å². The second-order valence-electron chi connectivity index (χ2n) is 0. The largest absolute Gasteiger partial charge is 0.269 e. The second kappa shape index (κ2) is 613. The molecular weight excluding hydrogens is 306 g/mol. The lowest BCUT2D eigenvalue weighted by Gasteiger charge is -0.270. The van der Waals surface area contributed by atoms with Crippen molar-refractivity contribution in [1.82, 2.24) is 0 Å². The zero-order valence-corrected chi connectivity index (χ0v) is 11.4. The van der Waals surface area contributed by atoms with E-state index in [0.717, 1.165) is 0 Å². The summed E-state index contributed by atoms with van der Waals surface area (Å²) in [5.74, 6) is 0. The number of halogens is 6. The van der Waals surface area contributed by atoms with Gasteiger partial charge in [-0.2, -0.15) is 81.0 Å². The lowest BCUT2D eigenvalue weighted by atomic mass is 19.0. The third-order valence-electron chi connectivity index (χ3n) is 0. The lowest BCUT2D eigenvalue weighted by Crippen LogP contribution is 0.419. The molecule has 0 atom stereocenters. The highest BCUT2D eigenvalue weighted by molar-refractivity contribution is 7.60. The van der Waals surface area contributed by atoms with Crippen LogP contribution in [0.2, 0.25) is 0 Å². The standard InChI is InChI=1S/6FH.6H2S/h6*1H;6*1H2. The van der Waals surface area contributed by atoms with E-state index in [2.05, 4.69) is 0 Å². The minimum atomic E-state index is 0. The summed E-state index contributed by atoms with van der Waals surface area (Å²) in [6.45, 7) is 0. The van der Waals surface area contributed by atoms with E-state index in [9.17, 15) is 0 Å². The van der Waals surface area contributed by atoms with Gasteiger partial charge in [-0.1, -0.05) is 0 Å². The zero-order chi connectivity index (χ0) is 0. The smallest absolute Gasteiger partial charge is 0.197 e. The van der Waals surface area contributed by atoms with Gasteiger partial charge in [-0.25, -0.2) is 0 Å². The van der Waals surface area contributed by atoms with E-state index in [0.29, 0.717) is 0 Å². The number of rotatable bonds is 0. The van der Waals surface area contributed by atoms with Crippen molar-refractivity contribution in [2.75, 3.05) is 0 Å². The Bertz CT molecular complexity index is 12.0. The molecule has 0 aliphatic rings. The summed E-state index contributed by atoms with van der Waals surface area (Å²) in [5, 5.41) is 0. The van der Waals surface area contributed by atoms with Crippen LogP contribution in [0.3, 0.4) is 0 Å². The number of hydrogen-bond acceptors (Lipinski definition) is 0. The van der Waals surface area contributed by atoms with Gasteiger partial charge in [0.25, 0.3) is 0 Å². The fraction of sp³-hybridized carbons (Fsp3) is 0. The van der Waals surface area contributed by atoms with Crippen molar-refractivity contribution in [2.24, 2.45) is 0 Å². The third-order valence-corrected chi connectivity index (χ3v) is 0. The van der Waals surface area contributed by atoms with Gasteiger partial charge in [0, 0.05) is 0 Å². The molecule has 0 unspecified atom stereocenters. The Labute approximate surface area is 109 Å². The zero-order valence-electron chi connectivity index (χ0n) is 5.45. The van der Waals surface area contributed by atoms with Gasteiger partial charge in [0.05, 0.1) is 0 Å². The normalized spacial score (nSPS) is 0. The van der Waals surface area contributed by atoms with E-state index in [1.54, 1.807) is 0 Å². The van der Waals surface area contributed by atoms with Gasteiger partial charge in [-0.05, 0) is 0 Å². The summed E-state index contributed by atoms with van der Waals surface area (Å²) in [6, 6.07) is 0. The topological polar surface area (TPSA) is 0 Å². The molecule has 0 bridgehead atoms. The maximum Gasteiger partial charge on any atom is -0.197 e. The molecule has 0 aliphatic carbocycles. The van der Waals surface area contributed by atoms with E-state index in [-0.39, 0.29) is 109 Å². The molecule has 0 saturated heterocycles. The van der Waals surface area contributed by atoms with Gasteiger partial charge in [-0.15, -0.1) is 0 Å². The molecule has 0 spiro atoms. The van der Waals surface area contributed by atoms with Gasteiger partial charge in [-0.3, -0.25) is 28.2 Å². The molecule has 0 N–H and O–H groups in total. The van der Waals surface area contributed by atoms with Gasteiger partial charge < -0.3 is 0 Å². The second-order valence-corrected chi connectivity index (χ2v) is 0. The van der Waals surface area contributed by atoms with Gasteiger partial charge >= 0.3 is 0 Å². The molecule has 96 valence electrons. The van der Waals surface area contributed by atoms with Crippen molar-refractivity contribution < 1.29 is 28.2 Å². The van der Waals surface area contributed by atoms with Crippen LogP contribution in [-0.4, -0.2) is 0 Å². The molecule has 0 rings (SSSR count). The highest BCUT2D eigenvalue weighted by Gasteiger charge is -0.191. The summed E-state index contributed by atoms with van der Waals surface area (Å²) < 4.78 is 0. The molecule has 0 heterocycles. The Morgan fingerprint density at radius 1 is 0.167 bits per heavy atom. The molecular formula is H18F6S6. The third kappa shape index (κ3) is 472. The van der Waals surface area contributed by atoms with Crippen molar-refractivity contribution in [3.8, 4) is 0 Å². The van der Waals surface area contributed by atoms with Crippen molar-refractivity contribution in [1.29, 1.82) is 0 Å². The molecule has 0 aromatic carbocycles. The summed E-state index contributed by atoms with van der Waals surface area (Å²) in [6.07, 6.45) is 0. The molecule has 0 radical (unpaired) electrons. The summed E-state index contributed by atoms with van der Waals surface area (Å²) in [5.41, 5.74) is 0. The van der Waals surface area contributed by atoms with E-state index >= 15 is 0 Å². The first-order valence-corrected chi connectivity index (χ1v) is 0. The van der Waals surface area contributed by atoms with Crippen LogP contribution < -0.4 is 0 Å². The molecule has 0 aromatic rings. The number of hydrogen-bond donors (Lipinski definition) is 0. The van der Waals surface area contributed by atoms with Gasteiger partial charge in [0.1, 0.15) is 0 Å². The van der Waals surface area contributed by atoms with Gasteiger partial charge in [0.15, 0.2) is 0 Å². The van der Waals surface area contributed by atoms with Crippen molar-refractivity contribution in [2.45, 2.75) is 0 Å². The SMILES string of the molecule is F.F.F.F.F.F.S.S.S.S.S.S. The monoisotopic (exact) mass is 324 g/mol. The van der Waals surface area contributed by atoms with Crippen LogP contribution in [0.5, 0.6) is 0 Å². The average Bonchev–Trinajstić information content (AvgIpc) is 0. The van der Waals surface area contributed by atoms with Crippen LogP contribution in [0, 0.1) is 0 Å². The van der Waals surface area contributed by atoms with Crippen molar-refractivity contribution >= 4 is 81.0 Å². The van der Waals surface area contributed by atoms with Crippen LogP contribution >= 0.6 is 81.0 Å². The molecule has 0 fully saturated rings. The average molecular weight is 325 g/mol. The molecule has 12 heavy (non-hydrogen) atoms. The Hall–Kier alpha value is 1.68. The Balaban J connectivity index is 0. The first-order valence-electron chi connectivity index (χ1n) is 0. The fourth-order valence-electron chi connectivity index (χ4n) is 0. The maximum atomic E-state index is 0. The minimum Gasteiger partial charge on any atom is -0.269 e. The van der Waals surface area contributed by atoms with Crippen LogP contribution in [0.1, 0.15) is 0 Å². The molecule has 0 saturated carbocycles. The first kappa shape index (κ1) is 779. The van der Waals surface area contributed by atoms with Crippen molar-refractivity contribution in [3.05, 3.63) is 0 Å². The Kier molecular flexibility index (Phi) is 39800. The Morgan fingerprint density at radius 2 is 0.167 bits per heavy atom. The summed E-state index contributed by atoms with van der Waals surface area (Å²) in [7, 11) is 0. The lowest BCUT2D eigenvalue weighted by molar-refractivity contribution is 1.11. The first-order chi connectivity index (χ1) is 0. The van der Waals surface area contributed by atoms with E-state index < -0.39 is 0 Å². The minimum absolute atomic E-state index is 0. The molecule has 0 amide bonds. The van der Waals surface area contributed by atoms with Gasteiger partial charge in [0.2, 0.25) is 0 Å². The van der Waals surface area contributed by atoms with Crippen LogP contribution in [-0.2, 0) is 0 Å². The van der Waals surface area contributed by atoms with Crippen molar-refractivity contribution in [3.63, 3.8) is 0 Å². The summed E-state index contributed by atoms with van der Waals surface area (Å²) >= 11 is 0. The highest BCUT2D eigenvalue weighted by atomic mass is 32.1. The quantitative estimate of drug-likeness (QED) is 0.594. The highest BCUT2D eigenvalue weighted by Crippen LogP contribution is 0.653. The molecule has 0 aliphatic heterocycles. The Morgan fingerprint density at radius 3 is 0.167 bits per heavy atom.